The molecule has 0 bridgehead atoms. The summed E-state index contributed by atoms with van der Waals surface area (Å²) in [7, 11) is 0. The number of para-hydroxylation sites is 1. The van der Waals surface area contributed by atoms with Crippen LogP contribution in [0.4, 0.5) is 0 Å². The van der Waals surface area contributed by atoms with E-state index >= 15 is 0 Å². The molecule has 6 nitrogen and oxygen atoms in total. The predicted octanol–water partition coefficient (Wildman–Crippen LogP) is 3.41. The molecule has 2 N–H and O–H groups in total. The number of benzene rings is 1. The number of aromatic nitrogens is 2. The molecule has 2 heterocycles. The van der Waals surface area contributed by atoms with Crippen molar-refractivity contribution < 1.29 is 15.0 Å². The minimum atomic E-state index is -1.02. The number of rotatable bonds is 5. The monoisotopic (exact) mass is 371 g/mol. The van der Waals surface area contributed by atoms with E-state index in [4.69, 9.17) is 12.2 Å². The summed E-state index contributed by atoms with van der Waals surface area (Å²) in [5, 5.41) is 20.0. The summed E-state index contributed by atoms with van der Waals surface area (Å²) in [6.45, 7) is 3.65. The third-order valence-electron chi connectivity index (χ3n) is 4.44. The van der Waals surface area contributed by atoms with Crippen molar-refractivity contribution in [3.8, 4) is 11.6 Å². The number of aliphatic carboxylic acids is 1. The molecular weight excluding hydrogens is 350 g/mol. The molecule has 1 fully saturated rings. The van der Waals surface area contributed by atoms with Gasteiger partial charge in [0.25, 0.3) is 0 Å². The molecule has 0 radical (unpaired) electrons. The van der Waals surface area contributed by atoms with Crippen LogP contribution in [-0.2, 0) is 11.3 Å². The molecule has 0 saturated carbocycles. The first-order chi connectivity index (χ1) is 12.5. The lowest BCUT2D eigenvalue weighted by Gasteiger charge is -2.14. The number of aromatic hydroxyl groups is 1. The highest BCUT2D eigenvalue weighted by Gasteiger charge is 2.19. The van der Waals surface area contributed by atoms with Crippen molar-refractivity contribution >= 4 is 24.3 Å². The van der Waals surface area contributed by atoms with E-state index in [0.717, 1.165) is 31.6 Å². The smallest absolute Gasteiger partial charge is 0.323 e. The Bertz CT molecular complexity index is 937. The Hall–Kier alpha value is -2.76. The summed E-state index contributed by atoms with van der Waals surface area (Å²) in [6, 6.07) is 9.15. The van der Waals surface area contributed by atoms with Crippen LogP contribution in [0.25, 0.3) is 11.8 Å². The number of allylic oxidation sites excluding steroid dienone is 1. The van der Waals surface area contributed by atoms with E-state index in [-0.39, 0.29) is 17.2 Å². The number of nitrogens with zero attached hydrogens (tertiary/aromatic N) is 3. The number of carbonyl (C=O) groups is 1. The first-order valence-electron chi connectivity index (χ1n) is 8.55. The van der Waals surface area contributed by atoms with Crippen molar-refractivity contribution in [1.82, 2.24) is 14.0 Å². The van der Waals surface area contributed by atoms with Crippen molar-refractivity contribution in [1.29, 1.82) is 0 Å². The van der Waals surface area contributed by atoms with Crippen LogP contribution in [0.2, 0.25) is 0 Å². The molecule has 0 unspecified atom stereocenters. The van der Waals surface area contributed by atoms with Gasteiger partial charge in [0.1, 0.15) is 12.2 Å². The summed E-state index contributed by atoms with van der Waals surface area (Å²) in [5.41, 5.74) is 5.31. The van der Waals surface area contributed by atoms with Crippen LogP contribution in [-0.4, -0.2) is 43.3 Å². The van der Waals surface area contributed by atoms with Crippen LogP contribution in [0.1, 0.15) is 25.5 Å². The van der Waals surface area contributed by atoms with Gasteiger partial charge in [-0.05, 0) is 44.1 Å². The van der Waals surface area contributed by atoms with Gasteiger partial charge in [-0.3, -0.25) is 9.36 Å². The first kappa shape index (κ1) is 18.0. The van der Waals surface area contributed by atoms with Gasteiger partial charge in [-0.2, -0.15) is 0 Å². The summed E-state index contributed by atoms with van der Waals surface area (Å²) < 4.78 is 3.12. The topological polar surface area (TPSA) is 70.6 Å². The molecule has 2 aromatic rings. The summed E-state index contributed by atoms with van der Waals surface area (Å²) in [4.78, 5) is 13.5. The van der Waals surface area contributed by atoms with Crippen molar-refractivity contribution in [2.45, 2.75) is 26.3 Å². The lowest BCUT2D eigenvalue weighted by Crippen LogP contribution is -2.15. The zero-order chi connectivity index (χ0) is 18.7. The molecule has 0 spiro atoms. The van der Waals surface area contributed by atoms with E-state index in [1.54, 1.807) is 6.08 Å². The van der Waals surface area contributed by atoms with Gasteiger partial charge >= 0.3 is 5.97 Å². The van der Waals surface area contributed by atoms with Crippen molar-refractivity contribution in [3.63, 3.8) is 0 Å². The fraction of sp³-hybridized carbons (Fsp3) is 0.316. The highest BCUT2D eigenvalue weighted by molar-refractivity contribution is 7.71. The average Bonchev–Trinajstić information content (AvgIpc) is 3.17. The maximum Gasteiger partial charge on any atom is 0.323 e. The average molecular weight is 371 g/mol. The van der Waals surface area contributed by atoms with Crippen LogP contribution in [0, 0.1) is 4.77 Å². The maximum absolute atomic E-state index is 11.3. The van der Waals surface area contributed by atoms with Gasteiger partial charge in [0.2, 0.25) is 5.88 Å². The second-order valence-electron chi connectivity index (χ2n) is 6.06. The fourth-order valence-electron chi connectivity index (χ4n) is 3.18. The quantitative estimate of drug-likeness (QED) is 0.623. The Kier molecular flexibility index (Phi) is 5.30. The molecule has 7 heteroatoms. The van der Waals surface area contributed by atoms with E-state index in [2.05, 4.69) is 17.6 Å². The standard InChI is InChI=1S/C19H21N3O3S/c1-2-20-12-6-9-14(20)10-11-16-18(25)22(15-7-4-3-5-8-15)19(26)21(16)13-17(23)24/h3-5,7-8,11,25H,2,6,9,12-13H2,1H3,(H,23,24). The van der Waals surface area contributed by atoms with Crippen molar-refractivity contribution in [2.75, 3.05) is 13.1 Å². The third-order valence-corrected chi connectivity index (χ3v) is 4.85. The van der Waals surface area contributed by atoms with Crippen LogP contribution < -0.4 is 0 Å². The van der Waals surface area contributed by atoms with E-state index < -0.39 is 5.97 Å². The molecule has 136 valence electrons. The van der Waals surface area contributed by atoms with Gasteiger partial charge in [0.15, 0.2) is 4.77 Å². The molecule has 1 aliphatic heterocycles. The van der Waals surface area contributed by atoms with E-state index in [1.807, 2.05) is 30.3 Å². The number of likely N-dealkylation sites (tertiary alicyclic amines) is 1. The zero-order valence-corrected chi connectivity index (χ0v) is 15.4. The normalized spacial score (nSPS) is 13.7. The Labute approximate surface area is 156 Å². The van der Waals surface area contributed by atoms with E-state index in [9.17, 15) is 15.0 Å². The third kappa shape index (κ3) is 3.45. The molecule has 26 heavy (non-hydrogen) atoms. The SMILES string of the molecule is CCN1CCCC1=C=Cc1c(O)n(-c2ccccc2)c(=S)n1CC(=O)O. The van der Waals surface area contributed by atoms with Crippen LogP contribution in [0.3, 0.4) is 0 Å². The predicted molar refractivity (Wildman–Crippen MR) is 102 cm³/mol. The number of hydrogen-bond acceptors (Lipinski definition) is 4. The summed E-state index contributed by atoms with van der Waals surface area (Å²) >= 11 is 5.43. The lowest BCUT2D eigenvalue weighted by molar-refractivity contribution is -0.137. The highest BCUT2D eigenvalue weighted by Crippen LogP contribution is 2.27. The second-order valence-corrected chi connectivity index (χ2v) is 6.43. The van der Waals surface area contributed by atoms with Gasteiger partial charge in [0, 0.05) is 19.2 Å². The molecule has 0 amide bonds. The second kappa shape index (κ2) is 7.64. The molecule has 3 rings (SSSR count). The maximum atomic E-state index is 11.3. The van der Waals surface area contributed by atoms with Crippen LogP contribution >= 0.6 is 12.2 Å². The minimum Gasteiger partial charge on any atom is -0.493 e. The largest absolute Gasteiger partial charge is 0.493 e. The number of carboxylic acid groups (broad SMARTS) is 1. The van der Waals surface area contributed by atoms with Crippen LogP contribution in [0.5, 0.6) is 5.88 Å². The summed E-state index contributed by atoms with van der Waals surface area (Å²) in [5.74, 6) is -1.11. The van der Waals surface area contributed by atoms with E-state index in [0.29, 0.717) is 11.4 Å². The Morgan fingerprint density at radius 2 is 2.08 bits per heavy atom. The van der Waals surface area contributed by atoms with Gasteiger partial charge in [0.05, 0.1) is 11.4 Å². The molecule has 1 aromatic carbocycles. The van der Waals surface area contributed by atoms with Gasteiger partial charge in [-0.25, -0.2) is 0 Å². The summed E-state index contributed by atoms with van der Waals surface area (Å²) in [6.07, 6.45) is 3.63. The highest BCUT2D eigenvalue weighted by atomic mass is 32.1. The Morgan fingerprint density at radius 1 is 1.35 bits per heavy atom. The van der Waals surface area contributed by atoms with Crippen LogP contribution in [0.15, 0.2) is 41.8 Å². The Morgan fingerprint density at radius 3 is 2.73 bits per heavy atom. The van der Waals surface area contributed by atoms with Gasteiger partial charge in [-0.1, -0.05) is 23.9 Å². The van der Waals surface area contributed by atoms with Gasteiger partial charge < -0.3 is 19.7 Å². The molecule has 0 atom stereocenters. The molecule has 1 aliphatic rings. The lowest BCUT2D eigenvalue weighted by atomic mass is 10.3. The van der Waals surface area contributed by atoms with Crippen molar-refractivity contribution in [3.05, 3.63) is 52.2 Å². The number of imidazole rings is 1. The minimum absolute atomic E-state index is 0.0865. The zero-order valence-electron chi connectivity index (χ0n) is 14.6. The van der Waals surface area contributed by atoms with Gasteiger partial charge in [-0.15, -0.1) is 0 Å². The molecule has 1 aromatic heterocycles. The molecular formula is C19H21N3O3S. The Balaban J connectivity index is 2.16. The van der Waals surface area contributed by atoms with Crippen molar-refractivity contribution in [2.24, 2.45) is 0 Å². The molecule has 1 saturated heterocycles. The first-order valence-corrected chi connectivity index (χ1v) is 8.96. The number of carboxylic acids is 1. The fourth-order valence-corrected chi connectivity index (χ4v) is 3.54. The molecule has 0 aliphatic carbocycles. The number of hydrogen-bond donors (Lipinski definition) is 2. The van der Waals surface area contributed by atoms with E-state index in [1.165, 1.54) is 9.13 Å².